The number of hydrogen-bond acceptors (Lipinski definition) is 5. The molecule has 1 aromatic carbocycles. The van der Waals surface area contributed by atoms with E-state index in [9.17, 15) is 12.8 Å². The van der Waals surface area contributed by atoms with Gasteiger partial charge < -0.3 is 10.3 Å². The highest BCUT2D eigenvalue weighted by molar-refractivity contribution is 7.90. The van der Waals surface area contributed by atoms with Crippen LogP contribution in [-0.4, -0.2) is 27.7 Å². The van der Waals surface area contributed by atoms with Gasteiger partial charge in [0.1, 0.15) is 21.9 Å². The number of benzene rings is 1. The predicted molar refractivity (Wildman–Crippen MR) is 131 cm³/mol. The van der Waals surface area contributed by atoms with E-state index < -0.39 is 20.6 Å². The number of pyridine rings is 1. The molecule has 1 aliphatic carbocycles. The second-order valence-corrected chi connectivity index (χ2v) is 10.6. The molecule has 0 saturated carbocycles. The van der Waals surface area contributed by atoms with Crippen molar-refractivity contribution in [3.05, 3.63) is 54.1 Å². The van der Waals surface area contributed by atoms with E-state index in [0.717, 1.165) is 47.9 Å². The summed E-state index contributed by atoms with van der Waals surface area (Å²) in [6, 6.07) is 7.86. The number of nitrogens with two attached hydrogens (primary N) is 2. The SMILES string of the molecule is CCCCc1nc2c(N)nc3ccccc3c2n1CCCCC1(S(N)(=O)=O)C=CC(F)=CC1. The molecule has 176 valence electrons. The van der Waals surface area contributed by atoms with Gasteiger partial charge in [-0.25, -0.2) is 27.9 Å². The molecule has 7 nitrogen and oxygen atoms in total. The molecule has 33 heavy (non-hydrogen) atoms. The zero-order valence-electron chi connectivity index (χ0n) is 18.8. The van der Waals surface area contributed by atoms with E-state index in [-0.39, 0.29) is 6.42 Å². The standard InChI is InChI=1S/C24H30FN5O2S/c1-2-3-10-20-29-21-22(18-8-4-5-9-19(18)28-23(21)26)30(20)16-7-6-13-24(33(27,31)32)14-11-17(25)12-15-24/h4-5,8-9,11-12,14H,2-3,6-7,10,13,15-16H2,1H3,(H2,26,28)(H2,27,31,32). The van der Waals surface area contributed by atoms with Crippen LogP contribution >= 0.6 is 0 Å². The number of halogens is 1. The number of aromatic nitrogens is 3. The average molecular weight is 472 g/mol. The van der Waals surface area contributed by atoms with Crippen molar-refractivity contribution in [2.75, 3.05) is 5.73 Å². The Balaban J connectivity index is 1.62. The number of allylic oxidation sites excluding steroid dienone is 3. The van der Waals surface area contributed by atoms with Crippen molar-refractivity contribution in [2.45, 2.75) is 63.2 Å². The monoisotopic (exact) mass is 471 g/mol. The molecular weight excluding hydrogens is 441 g/mol. The molecule has 1 atom stereocenters. The number of fused-ring (bicyclic) bond motifs is 3. The highest BCUT2D eigenvalue weighted by Crippen LogP contribution is 2.34. The summed E-state index contributed by atoms with van der Waals surface area (Å²) in [7, 11) is -3.88. The Morgan fingerprint density at radius 1 is 1.18 bits per heavy atom. The van der Waals surface area contributed by atoms with Crippen LogP contribution in [0.25, 0.3) is 21.9 Å². The van der Waals surface area contributed by atoms with E-state index in [1.807, 2.05) is 24.3 Å². The molecule has 0 radical (unpaired) electrons. The minimum absolute atomic E-state index is 0.0523. The highest BCUT2D eigenvalue weighted by atomic mass is 32.2. The highest BCUT2D eigenvalue weighted by Gasteiger charge is 2.39. The van der Waals surface area contributed by atoms with Gasteiger partial charge >= 0.3 is 0 Å². The lowest BCUT2D eigenvalue weighted by molar-refractivity contribution is 0.492. The molecule has 0 saturated heterocycles. The molecule has 1 unspecified atom stereocenters. The summed E-state index contributed by atoms with van der Waals surface area (Å²) in [4.78, 5) is 9.34. The van der Waals surface area contributed by atoms with Crippen LogP contribution in [0.4, 0.5) is 10.2 Å². The third-order valence-electron chi connectivity index (χ3n) is 6.43. The van der Waals surface area contributed by atoms with Crippen molar-refractivity contribution in [2.24, 2.45) is 5.14 Å². The number of sulfonamides is 1. The molecule has 2 heterocycles. The van der Waals surface area contributed by atoms with E-state index in [0.29, 0.717) is 30.7 Å². The Morgan fingerprint density at radius 3 is 2.67 bits per heavy atom. The van der Waals surface area contributed by atoms with Crippen LogP contribution < -0.4 is 10.9 Å². The quantitative estimate of drug-likeness (QED) is 0.445. The first-order chi connectivity index (χ1) is 15.8. The Kier molecular flexibility index (Phi) is 6.54. The minimum atomic E-state index is -3.88. The molecule has 2 aromatic heterocycles. The second-order valence-electron chi connectivity index (χ2n) is 8.69. The Hall–Kier alpha value is -2.78. The van der Waals surface area contributed by atoms with Crippen molar-refractivity contribution in [1.82, 2.24) is 14.5 Å². The van der Waals surface area contributed by atoms with Crippen LogP contribution in [0, 0.1) is 0 Å². The Bertz CT molecular complexity index is 1350. The second kappa shape index (κ2) is 9.23. The zero-order chi connectivity index (χ0) is 23.6. The maximum absolute atomic E-state index is 13.5. The summed E-state index contributed by atoms with van der Waals surface area (Å²) in [5, 5.41) is 6.53. The van der Waals surface area contributed by atoms with Gasteiger partial charge in [0.05, 0.1) is 11.0 Å². The van der Waals surface area contributed by atoms with E-state index in [2.05, 4.69) is 16.5 Å². The summed E-state index contributed by atoms with van der Waals surface area (Å²) in [6.45, 7) is 2.80. The zero-order valence-corrected chi connectivity index (χ0v) is 19.6. The molecule has 0 bridgehead atoms. The molecule has 9 heteroatoms. The fourth-order valence-corrected chi connectivity index (χ4v) is 5.54. The van der Waals surface area contributed by atoms with Crippen molar-refractivity contribution >= 4 is 37.8 Å². The molecule has 4 rings (SSSR count). The predicted octanol–water partition coefficient (Wildman–Crippen LogP) is 4.52. The molecule has 4 N–H and O–H groups in total. The van der Waals surface area contributed by atoms with Crippen LogP contribution in [0.15, 0.2) is 48.3 Å². The van der Waals surface area contributed by atoms with Crippen LogP contribution in [0.1, 0.15) is 51.3 Å². The van der Waals surface area contributed by atoms with Crippen LogP contribution in [-0.2, 0) is 23.0 Å². The normalized spacial score (nSPS) is 18.8. The van der Waals surface area contributed by atoms with Gasteiger partial charge in [0.15, 0.2) is 5.82 Å². The van der Waals surface area contributed by atoms with Gasteiger partial charge in [-0.1, -0.05) is 37.6 Å². The van der Waals surface area contributed by atoms with Gasteiger partial charge in [0.25, 0.3) is 0 Å². The number of aryl methyl sites for hydroxylation is 2. The van der Waals surface area contributed by atoms with Crippen molar-refractivity contribution in [1.29, 1.82) is 0 Å². The van der Waals surface area contributed by atoms with E-state index >= 15 is 0 Å². The molecule has 0 fully saturated rings. The number of hydrogen-bond donors (Lipinski definition) is 2. The minimum Gasteiger partial charge on any atom is -0.382 e. The number of rotatable bonds is 9. The van der Waals surface area contributed by atoms with E-state index in [4.69, 9.17) is 15.9 Å². The summed E-state index contributed by atoms with van der Waals surface area (Å²) >= 11 is 0. The first-order valence-corrected chi connectivity index (χ1v) is 12.9. The molecule has 3 aromatic rings. The molecular formula is C24H30FN5O2S. The largest absolute Gasteiger partial charge is 0.382 e. The molecule has 1 aliphatic rings. The number of primary sulfonamides is 1. The summed E-state index contributed by atoms with van der Waals surface area (Å²) in [5.41, 5.74) is 8.74. The van der Waals surface area contributed by atoms with Crippen molar-refractivity contribution in [3.63, 3.8) is 0 Å². The number of nitrogen functional groups attached to an aromatic ring is 1. The lowest BCUT2D eigenvalue weighted by Crippen LogP contribution is -2.42. The fourth-order valence-electron chi connectivity index (χ4n) is 4.54. The van der Waals surface area contributed by atoms with Gasteiger partial charge in [-0.15, -0.1) is 0 Å². The van der Waals surface area contributed by atoms with Gasteiger partial charge in [-0.3, -0.25) is 0 Å². The first kappa shape index (κ1) is 23.4. The number of unbranched alkanes of at least 4 members (excludes halogenated alkanes) is 2. The molecule has 0 spiro atoms. The Labute approximate surface area is 193 Å². The topological polar surface area (TPSA) is 117 Å². The maximum atomic E-state index is 13.5. The van der Waals surface area contributed by atoms with Gasteiger partial charge in [0, 0.05) is 18.4 Å². The lowest BCUT2D eigenvalue weighted by atomic mass is 9.93. The number of anilines is 1. The fraction of sp³-hybridized carbons (Fsp3) is 0.417. The average Bonchev–Trinajstić information content (AvgIpc) is 3.15. The van der Waals surface area contributed by atoms with Gasteiger partial charge in [-0.2, -0.15) is 0 Å². The summed E-state index contributed by atoms with van der Waals surface area (Å²) in [6.07, 6.45) is 8.48. The van der Waals surface area contributed by atoms with Gasteiger partial charge in [-0.05, 0) is 50.3 Å². The van der Waals surface area contributed by atoms with Crippen LogP contribution in [0.3, 0.4) is 0 Å². The van der Waals surface area contributed by atoms with Gasteiger partial charge in [0.2, 0.25) is 10.0 Å². The smallest absolute Gasteiger partial charge is 0.218 e. The maximum Gasteiger partial charge on any atom is 0.218 e. The number of para-hydroxylation sites is 1. The third-order valence-corrected chi connectivity index (χ3v) is 8.07. The number of nitrogens with zero attached hydrogens (tertiary/aromatic N) is 3. The van der Waals surface area contributed by atoms with Crippen LogP contribution in [0.2, 0.25) is 0 Å². The Morgan fingerprint density at radius 2 is 1.97 bits per heavy atom. The van der Waals surface area contributed by atoms with E-state index in [1.54, 1.807) is 0 Å². The number of imidazole rings is 1. The van der Waals surface area contributed by atoms with Crippen molar-refractivity contribution < 1.29 is 12.8 Å². The lowest BCUT2D eigenvalue weighted by Gasteiger charge is -2.29. The van der Waals surface area contributed by atoms with Crippen molar-refractivity contribution in [3.8, 4) is 0 Å². The van der Waals surface area contributed by atoms with Crippen LogP contribution in [0.5, 0.6) is 0 Å². The molecule has 0 amide bonds. The summed E-state index contributed by atoms with van der Waals surface area (Å²) < 4.78 is 39.0. The first-order valence-electron chi connectivity index (χ1n) is 11.4. The molecule has 0 aliphatic heterocycles. The van der Waals surface area contributed by atoms with E-state index in [1.165, 1.54) is 18.2 Å². The summed E-state index contributed by atoms with van der Waals surface area (Å²) in [5.74, 6) is 0.938. The third kappa shape index (κ3) is 4.52.